The van der Waals surface area contributed by atoms with Gasteiger partial charge in [-0.3, -0.25) is 14.5 Å². The number of anilines is 1. The summed E-state index contributed by atoms with van der Waals surface area (Å²) < 4.78 is 13.6. The molecule has 7 heteroatoms. The topological polar surface area (TPSA) is 78.5 Å². The summed E-state index contributed by atoms with van der Waals surface area (Å²) >= 11 is 0. The Kier molecular flexibility index (Phi) is 4.71. The van der Waals surface area contributed by atoms with Gasteiger partial charge in [0.25, 0.3) is 5.91 Å². The van der Waals surface area contributed by atoms with Crippen LogP contribution in [0.1, 0.15) is 18.9 Å². The first kappa shape index (κ1) is 17.6. The van der Waals surface area contributed by atoms with E-state index in [1.54, 1.807) is 37.3 Å². The van der Waals surface area contributed by atoms with Crippen LogP contribution in [0.4, 0.5) is 14.9 Å². The highest BCUT2D eigenvalue weighted by molar-refractivity contribution is 6.10. The molecular formula is C19H18FN3O3. The fourth-order valence-corrected chi connectivity index (χ4v) is 3.03. The zero-order valence-corrected chi connectivity index (χ0v) is 14.2. The first-order valence-electron chi connectivity index (χ1n) is 8.22. The lowest BCUT2D eigenvalue weighted by Crippen LogP contribution is -2.44. The highest BCUT2D eigenvalue weighted by Crippen LogP contribution is 2.32. The molecule has 1 aliphatic heterocycles. The van der Waals surface area contributed by atoms with Crippen LogP contribution in [0.5, 0.6) is 0 Å². The Hall–Kier alpha value is -3.22. The number of nitrogens with zero attached hydrogens (tertiary/aromatic N) is 1. The predicted molar refractivity (Wildman–Crippen MR) is 93.7 cm³/mol. The minimum Gasteiger partial charge on any atom is -0.322 e. The number of carbonyl (C=O) groups excluding carboxylic acids is 3. The van der Waals surface area contributed by atoms with Crippen molar-refractivity contribution in [3.05, 3.63) is 66.0 Å². The molecule has 1 aliphatic rings. The van der Waals surface area contributed by atoms with Crippen molar-refractivity contribution in [1.29, 1.82) is 0 Å². The SMILES string of the molecule is CC[C@]1(c2ccccc2)NC(=O)N(CC(=O)Nc2ccccc2F)C1=O. The van der Waals surface area contributed by atoms with Gasteiger partial charge in [-0.25, -0.2) is 9.18 Å². The zero-order chi connectivity index (χ0) is 18.7. The average molecular weight is 355 g/mol. The molecule has 0 spiro atoms. The molecule has 0 saturated carbocycles. The fraction of sp³-hybridized carbons (Fsp3) is 0.211. The number of carbonyl (C=O) groups is 3. The number of hydrogen-bond acceptors (Lipinski definition) is 3. The Morgan fingerprint density at radius 1 is 1.12 bits per heavy atom. The third-order valence-electron chi connectivity index (χ3n) is 4.42. The quantitative estimate of drug-likeness (QED) is 0.810. The molecule has 4 amide bonds. The molecule has 0 unspecified atom stereocenters. The Bertz CT molecular complexity index is 856. The number of imide groups is 1. The second-order valence-corrected chi connectivity index (χ2v) is 5.97. The number of benzene rings is 2. The van der Waals surface area contributed by atoms with Crippen LogP contribution in [0.15, 0.2) is 54.6 Å². The van der Waals surface area contributed by atoms with E-state index in [0.717, 1.165) is 4.90 Å². The van der Waals surface area contributed by atoms with Crippen LogP contribution in [-0.4, -0.2) is 29.3 Å². The molecule has 134 valence electrons. The monoisotopic (exact) mass is 355 g/mol. The van der Waals surface area contributed by atoms with Crippen molar-refractivity contribution in [2.45, 2.75) is 18.9 Å². The molecule has 0 aliphatic carbocycles. The molecule has 1 fully saturated rings. The second kappa shape index (κ2) is 6.95. The van der Waals surface area contributed by atoms with Crippen molar-refractivity contribution in [3.8, 4) is 0 Å². The van der Waals surface area contributed by atoms with Gasteiger partial charge in [-0.05, 0) is 24.1 Å². The molecule has 1 saturated heterocycles. The van der Waals surface area contributed by atoms with Crippen molar-refractivity contribution >= 4 is 23.5 Å². The number of para-hydroxylation sites is 1. The molecule has 6 nitrogen and oxygen atoms in total. The van der Waals surface area contributed by atoms with Gasteiger partial charge >= 0.3 is 6.03 Å². The molecule has 1 atom stereocenters. The number of nitrogens with one attached hydrogen (secondary N) is 2. The second-order valence-electron chi connectivity index (χ2n) is 5.97. The number of hydrogen-bond donors (Lipinski definition) is 2. The first-order valence-corrected chi connectivity index (χ1v) is 8.22. The molecule has 2 N–H and O–H groups in total. The van der Waals surface area contributed by atoms with Gasteiger partial charge in [0.05, 0.1) is 5.69 Å². The van der Waals surface area contributed by atoms with Crippen LogP contribution < -0.4 is 10.6 Å². The maximum absolute atomic E-state index is 13.6. The molecular weight excluding hydrogens is 337 g/mol. The zero-order valence-electron chi connectivity index (χ0n) is 14.2. The highest BCUT2D eigenvalue weighted by Gasteiger charge is 2.51. The number of halogens is 1. The maximum Gasteiger partial charge on any atom is 0.325 e. The molecule has 2 aromatic rings. The van der Waals surface area contributed by atoms with Crippen LogP contribution in [-0.2, 0) is 15.1 Å². The van der Waals surface area contributed by atoms with E-state index in [4.69, 9.17) is 0 Å². The van der Waals surface area contributed by atoms with E-state index >= 15 is 0 Å². The standard InChI is InChI=1S/C19H18FN3O3/c1-2-19(13-8-4-3-5-9-13)17(25)23(18(26)22-19)12-16(24)21-15-11-7-6-10-14(15)20/h3-11H,2,12H2,1H3,(H,21,24)(H,22,26)/t19-/m1/s1. The van der Waals surface area contributed by atoms with Crippen molar-refractivity contribution in [1.82, 2.24) is 10.2 Å². The number of amides is 4. The van der Waals surface area contributed by atoms with Crippen LogP contribution in [0.25, 0.3) is 0 Å². The Morgan fingerprint density at radius 2 is 1.77 bits per heavy atom. The third kappa shape index (κ3) is 3.03. The smallest absolute Gasteiger partial charge is 0.322 e. The Morgan fingerprint density at radius 3 is 2.42 bits per heavy atom. The summed E-state index contributed by atoms with van der Waals surface area (Å²) in [6.45, 7) is 1.29. The minimum atomic E-state index is -1.20. The van der Waals surface area contributed by atoms with E-state index in [1.807, 2.05) is 6.07 Å². The van der Waals surface area contributed by atoms with E-state index in [2.05, 4.69) is 10.6 Å². The third-order valence-corrected chi connectivity index (χ3v) is 4.42. The van der Waals surface area contributed by atoms with Gasteiger partial charge in [0, 0.05) is 0 Å². The first-order chi connectivity index (χ1) is 12.5. The highest BCUT2D eigenvalue weighted by atomic mass is 19.1. The van der Waals surface area contributed by atoms with Crippen molar-refractivity contribution in [2.75, 3.05) is 11.9 Å². The lowest BCUT2D eigenvalue weighted by Gasteiger charge is -2.25. The van der Waals surface area contributed by atoms with E-state index in [1.165, 1.54) is 18.2 Å². The van der Waals surface area contributed by atoms with Gasteiger partial charge in [0.1, 0.15) is 17.9 Å². The minimum absolute atomic E-state index is 0.00521. The van der Waals surface area contributed by atoms with E-state index < -0.39 is 35.7 Å². The summed E-state index contributed by atoms with van der Waals surface area (Å²) in [5.74, 6) is -1.75. The summed E-state index contributed by atoms with van der Waals surface area (Å²) in [5, 5.41) is 5.07. The van der Waals surface area contributed by atoms with Gasteiger partial charge < -0.3 is 10.6 Å². The number of rotatable bonds is 5. The fourth-order valence-electron chi connectivity index (χ4n) is 3.03. The molecule has 1 heterocycles. The van der Waals surface area contributed by atoms with Gasteiger partial charge in [-0.1, -0.05) is 49.4 Å². The van der Waals surface area contributed by atoms with Crippen LogP contribution >= 0.6 is 0 Å². The summed E-state index contributed by atoms with van der Waals surface area (Å²) in [5.41, 5.74) is -0.552. The molecule has 2 aromatic carbocycles. The lowest BCUT2D eigenvalue weighted by atomic mass is 9.87. The molecule has 0 aromatic heterocycles. The van der Waals surface area contributed by atoms with Gasteiger partial charge in [-0.15, -0.1) is 0 Å². The molecule has 0 radical (unpaired) electrons. The summed E-state index contributed by atoms with van der Waals surface area (Å²) in [4.78, 5) is 38.3. The Balaban J connectivity index is 1.79. The van der Waals surface area contributed by atoms with Crippen LogP contribution in [0.3, 0.4) is 0 Å². The molecule has 3 rings (SSSR count). The van der Waals surface area contributed by atoms with E-state index in [0.29, 0.717) is 12.0 Å². The molecule has 0 bridgehead atoms. The normalized spacial score (nSPS) is 19.4. The Labute approximate surface area is 150 Å². The van der Waals surface area contributed by atoms with Gasteiger partial charge in [0.15, 0.2) is 0 Å². The lowest BCUT2D eigenvalue weighted by molar-refractivity contribution is -0.134. The summed E-state index contributed by atoms with van der Waals surface area (Å²) in [6.07, 6.45) is 0.340. The molecule has 26 heavy (non-hydrogen) atoms. The number of urea groups is 1. The van der Waals surface area contributed by atoms with Crippen molar-refractivity contribution in [2.24, 2.45) is 0 Å². The van der Waals surface area contributed by atoms with Gasteiger partial charge in [-0.2, -0.15) is 0 Å². The van der Waals surface area contributed by atoms with Gasteiger partial charge in [0.2, 0.25) is 5.91 Å². The van der Waals surface area contributed by atoms with E-state index in [-0.39, 0.29) is 5.69 Å². The van der Waals surface area contributed by atoms with E-state index in [9.17, 15) is 18.8 Å². The largest absolute Gasteiger partial charge is 0.325 e. The predicted octanol–water partition coefficient (Wildman–Crippen LogP) is 2.62. The summed E-state index contributed by atoms with van der Waals surface area (Å²) in [6, 6.07) is 13.9. The maximum atomic E-state index is 13.6. The van der Waals surface area contributed by atoms with Crippen LogP contribution in [0, 0.1) is 5.82 Å². The summed E-state index contributed by atoms with van der Waals surface area (Å²) in [7, 11) is 0. The van der Waals surface area contributed by atoms with Crippen LogP contribution in [0.2, 0.25) is 0 Å². The van der Waals surface area contributed by atoms with Crippen molar-refractivity contribution < 1.29 is 18.8 Å². The van der Waals surface area contributed by atoms with Crippen molar-refractivity contribution in [3.63, 3.8) is 0 Å². The average Bonchev–Trinajstić information content (AvgIpc) is 2.89.